The predicted octanol–water partition coefficient (Wildman–Crippen LogP) is 3.69. The number of allylic oxidation sites excluding steroid dienone is 3. The van der Waals surface area contributed by atoms with Gasteiger partial charge in [-0.1, -0.05) is 42.5 Å². The summed E-state index contributed by atoms with van der Waals surface area (Å²) >= 11 is 0. The molecule has 0 radical (unpaired) electrons. The maximum absolute atomic E-state index is 13.5. The van der Waals surface area contributed by atoms with E-state index in [0.29, 0.717) is 12.2 Å². The molecule has 1 aliphatic rings. The molecular formula is C14H14FN. The van der Waals surface area contributed by atoms with Crippen LogP contribution in [0.25, 0.3) is 0 Å². The smallest absolute Gasteiger partial charge is 0.194 e. The fourth-order valence-electron chi connectivity index (χ4n) is 1.61. The lowest BCUT2D eigenvalue weighted by atomic mass is 10.1. The molecule has 0 bridgehead atoms. The Morgan fingerprint density at radius 1 is 1.25 bits per heavy atom. The van der Waals surface area contributed by atoms with Crippen LogP contribution in [0.1, 0.15) is 11.1 Å². The second-order valence-corrected chi connectivity index (χ2v) is 3.91. The summed E-state index contributed by atoms with van der Waals surface area (Å²) in [6.07, 6.45) is 4.92. The normalized spacial score (nSPS) is 15.2. The van der Waals surface area contributed by atoms with Crippen molar-refractivity contribution in [3.05, 3.63) is 71.8 Å². The van der Waals surface area contributed by atoms with Gasteiger partial charge >= 0.3 is 0 Å². The molecule has 2 heteroatoms. The van der Waals surface area contributed by atoms with Gasteiger partial charge in [0.1, 0.15) is 0 Å². The topological polar surface area (TPSA) is 3.24 Å². The molecule has 0 aromatic heterocycles. The summed E-state index contributed by atoms with van der Waals surface area (Å²) < 4.78 is 13.5. The first-order valence-corrected chi connectivity index (χ1v) is 5.22. The fourth-order valence-corrected chi connectivity index (χ4v) is 1.61. The van der Waals surface area contributed by atoms with Crippen molar-refractivity contribution in [1.29, 1.82) is 0 Å². The van der Waals surface area contributed by atoms with E-state index in [1.165, 1.54) is 11.6 Å². The monoisotopic (exact) mass is 215 g/mol. The Bertz CT molecular complexity index is 454. The number of benzene rings is 1. The van der Waals surface area contributed by atoms with Crippen molar-refractivity contribution in [3.63, 3.8) is 0 Å². The van der Waals surface area contributed by atoms with Crippen LogP contribution >= 0.6 is 0 Å². The van der Waals surface area contributed by atoms with Gasteiger partial charge in [-0.3, -0.25) is 0 Å². The summed E-state index contributed by atoms with van der Waals surface area (Å²) in [7, 11) is 0. The molecule has 1 aromatic rings. The Labute approximate surface area is 95.2 Å². The minimum Gasteiger partial charge on any atom is -0.314 e. The standard InChI is InChI=1S/C14H14FN/c1-11-6-8-13(9-7-11)10-16-12(2)4-3-5-14(16)15/h3-9H,2,10H2,1H3. The van der Waals surface area contributed by atoms with E-state index >= 15 is 0 Å². The van der Waals surface area contributed by atoms with Crippen LogP contribution in [0.2, 0.25) is 0 Å². The van der Waals surface area contributed by atoms with E-state index in [9.17, 15) is 4.39 Å². The predicted molar refractivity (Wildman–Crippen MR) is 64.2 cm³/mol. The van der Waals surface area contributed by atoms with E-state index in [2.05, 4.69) is 6.58 Å². The highest BCUT2D eigenvalue weighted by molar-refractivity contribution is 5.30. The van der Waals surface area contributed by atoms with Crippen molar-refractivity contribution in [2.75, 3.05) is 0 Å². The number of aryl methyl sites for hydroxylation is 1. The molecule has 1 aromatic carbocycles. The Balaban J connectivity index is 2.15. The van der Waals surface area contributed by atoms with Gasteiger partial charge in [0.05, 0.1) is 6.54 Å². The third-order valence-corrected chi connectivity index (χ3v) is 2.59. The number of hydrogen-bond donors (Lipinski definition) is 0. The summed E-state index contributed by atoms with van der Waals surface area (Å²) in [5, 5.41) is 0. The van der Waals surface area contributed by atoms with Crippen molar-refractivity contribution in [2.45, 2.75) is 13.5 Å². The molecule has 1 nitrogen and oxygen atoms in total. The molecule has 1 heterocycles. The Morgan fingerprint density at radius 2 is 1.94 bits per heavy atom. The summed E-state index contributed by atoms with van der Waals surface area (Å²) in [6, 6.07) is 8.07. The van der Waals surface area contributed by atoms with Gasteiger partial charge in [-0.25, -0.2) is 0 Å². The van der Waals surface area contributed by atoms with Crippen LogP contribution in [0, 0.1) is 6.92 Å². The highest BCUT2D eigenvalue weighted by Gasteiger charge is 2.13. The molecule has 0 saturated carbocycles. The lowest BCUT2D eigenvalue weighted by Crippen LogP contribution is -2.20. The van der Waals surface area contributed by atoms with E-state index in [1.807, 2.05) is 31.2 Å². The van der Waals surface area contributed by atoms with E-state index in [4.69, 9.17) is 0 Å². The van der Waals surface area contributed by atoms with E-state index in [0.717, 1.165) is 5.56 Å². The SMILES string of the molecule is C=C1C=CC=C(F)N1Cc1ccc(C)cc1. The van der Waals surface area contributed by atoms with Gasteiger partial charge < -0.3 is 4.90 Å². The van der Waals surface area contributed by atoms with Crippen LogP contribution in [0.3, 0.4) is 0 Å². The van der Waals surface area contributed by atoms with Crippen LogP contribution in [-0.2, 0) is 6.54 Å². The summed E-state index contributed by atoms with van der Waals surface area (Å²) in [4.78, 5) is 1.56. The highest BCUT2D eigenvalue weighted by Crippen LogP contribution is 2.22. The maximum Gasteiger partial charge on any atom is 0.194 e. The number of halogens is 1. The highest BCUT2D eigenvalue weighted by atomic mass is 19.1. The van der Waals surface area contributed by atoms with Gasteiger partial charge in [0.25, 0.3) is 0 Å². The van der Waals surface area contributed by atoms with E-state index < -0.39 is 0 Å². The van der Waals surface area contributed by atoms with Crippen molar-refractivity contribution >= 4 is 0 Å². The molecule has 16 heavy (non-hydrogen) atoms. The lowest BCUT2D eigenvalue weighted by molar-refractivity contribution is 0.327. The first-order valence-electron chi connectivity index (χ1n) is 5.22. The molecular weight excluding hydrogens is 201 g/mol. The number of rotatable bonds is 2. The van der Waals surface area contributed by atoms with Crippen molar-refractivity contribution in [2.24, 2.45) is 0 Å². The maximum atomic E-state index is 13.5. The molecule has 1 aliphatic heterocycles. The van der Waals surface area contributed by atoms with Gasteiger partial charge in [-0.15, -0.1) is 0 Å². The molecule has 2 rings (SSSR count). The fraction of sp³-hybridized carbons (Fsp3) is 0.143. The van der Waals surface area contributed by atoms with Crippen LogP contribution < -0.4 is 0 Å². The van der Waals surface area contributed by atoms with Crippen LogP contribution in [0.15, 0.2) is 60.7 Å². The van der Waals surface area contributed by atoms with Crippen molar-refractivity contribution < 1.29 is 4.39 Å². The van der Waals surface area contributed by atoms with Crippen molar-refractivity contribution in [3.8, 4) is 0 Å². The van der Waals surface area contributed by atoms with Gasteiger partial charge in [0.2, 0.25) is 0 Å². The van der Waals surface area contributed by atoms with E-state index in [-0.39, 0.29) is 5.95 Å². The summed E-state index contributed by atoms with van der Waals surface area (Å²) in [5.74, 6) is -0.256. The van der Waals surface area contributed by atoms with Gasteiger partial charge in [0, 0.05) is 5.70 Å². The molecule has 0 fully saturated rings. The second kappa shape index (κ2) is 4.35. The van der Waals surface area contributed by atoms with E-state index in [1.54, 1.807) is 17.1 Å². The molecule has 0 unspecified atom stereocenters. The first-order chi connectivity index (χ1) is 7.66. The number of hydrogen-bond acceptors (Lipinski definition) is 1. The molecule has 82 valence electrons. The second-order valence-electron chi connectivity index (χ2n) is 3.91. The van der Waals surface area contributed by atoms with Gasteiger partial charge in [-0.2, -0.15) is 4.39 Å². The molecule has 0 atom stereocenters. The minimum atomic E-state index is -0.256. The molecule has 0 spiro atoms. The molecule has 0 aliphatic carbocycles. The van der Waals surface area contributed by atoms with Gasteiger partial charge in [-0.05, 0) is 24.6 Å². The number of nitrogens with zero attached hydrogens (tertiary/aromatic N) is 1. The molecule has 0 N–H and O–H groups in total. The Morgan fingerprint density at radius 3 is 2.56 bits per heavy atom. The quantitative estimate of drug-likeness (QED) is 0.680. The van der Waals surface area contributed by atoms with Crippen molar-refractivity contribution in [1.82, 2.24) is 4.90 Å². The Kier molecular flexibility index (Phi) is 2.91. The summed E-state index contributed by atoms with van der Waals surface area (Å²) in [5.41, 5.74) is 2.96. The molecule has 0 amide bonds. The van der Waals surface area contributed by atoms with Crippen LogP contribution in [-0.4, -0.2) is 4.90 Å². The Hall–Kier alpha value is -1.83. The molecule has 0 saturated heterocycles. The average Bonchev–Trinajstić information content (AvgIpc) is 2.26. The zero-order valence-electron chi connectivity index (χ0n) is 9.28. The first kappa shape index (κ1) is 10.7. The zero-order valence-corrected chi connectivity index (χ0v) is 9.28. The minimum absolute atomic E-state index is 0.256. The lowest BCUT2D eigenvalue weighted by Gasteiger charge is -2.24. The third-order valence-electron chi connectivity index (χ3n) is 2.59. The van der Waals surface area contributed by atoms with Crippen LogP contribution in [0.5, 0.6) is 0 Å². The third kappa shape index (κ3) is 2.22. The largest absolute Gasteiger partial charge is 0.314 e. The zero-order chi connectivity index (χ0) is 11.5. The van der Waals surface area contributed by atoms with Crippen LogP contribution in [0.4, 0.5) is 4.39 Å². The average molecular weight is 215 g/mol. The summed E-state index contributed by atoms with van der Waals surface area (Å²) in [6.45, 7) is 6.37. The van der Waals surface area contributed by atoms with Gasteiger partial charge in [0.15, 0.2) is 5.95 Å².